The first-order valence-corrected chi connectivity index (χ1v) is 10.6. The number of rotatable bonds is 5. The van der Waals surface area contributed by atoms with E-state index < -0.39 is 0 Å². The zero-order valence-electron chi connectivity index (χ0n) is 17.1. The van der Waals surface area contributed by atoms with Gasteiger partial charge in [0, 0.05) is 12.5 Å². The predicted octanol–water partition coefficient (Wildman–Crippen LogP) is 3.42. The van der Waals surface area contributed by atoms with Crippen molar-refractivity contribution >= 4 is 11.7 Å². The standard InChI is InChI=1S/C22H24N6O2/c1-13-6-7-19-23-12-17(27(13)19)16-4-3-5-18(25-16)26-20(29)15-11-24-28(21(15)30-2)22-8-14(9-22)10-22/h3-5,11-14H,6-10H2,1-2H3,(H,25,26,29)/t13-,14?,22?/m0/s1. The highest BCUT2D eigenvalue weighted by molar-refractivity contribution is 6.05. The van der Waals surface area contributed by atoms with Crippen molar-refractivity contribution in [2.24, 2.45) is 5.92 Å². The van der Waals surface area contributed by atoms with Gasteiger partial charge < -0.3 is 14.6 Å². The molecule has 3 saturated carbocycles. The molecule has 0 unspecified atom stereocenters. The van der Waals surface area contributed by atoms with E-state index in [1.165, 1.54) is 0 Å². The molecule has 4 heterocycles. The number of amides is 1. The lowest BCUT2D eigenvalue weighted by Gasteiger charge is -2.61. The molecule has 3 aromatic heterocycles. The molecule has 0 radical (unpaired) electrons. The molecule has 1 amide bonds. The van der Waals surface area contributed by atoms with E-state index >= 15 is 0 Å². The fraction of sp³-hybridized carbons (Fsp3) is 0.455. The van der Waals surface area contributed by atoms with Crippen LogP contribution in [0.2, 0.25) is 0 Å². The van der Waals surface area contributed by atoms with E-state index in [0.717, 1.165) is 55.2 Å². The highest BCUT2D eigenvalue weighted by Crippen LogP contribution is 2.63. The topological polar surface area (TPSA) is 86.9 Å². The van der Waals surface area contributed by atoms with Crippen LogP contribution in [0.3, 0.4) is 0 Å². The number of anilines is 1. The molecule has 1 atom stereocenters. The summed E-state index contributed by atoms with van der Waals surface area (Å²) in [4.78, 5) is 22.2. The number of aromatic nitrogens is 5. The van der Waals surface area contributed by atoms with Crippen LogP contribution in [-0.2, 0) is 12.0 Å². The van der Waals surface area contributed by atoms with Gasteiger partial charge in [-0.15, -0.1) is 0 Å². The lowest BCUT2D eigenvalue weighted by atomic mass is 9.50. The minimum Gasteiger partial charge on any atom is -0.481 e. The minimum absolute atomic E-state index is 0.0613. The van der Waals surface area contributed by atoms with Crippen LogP contribution in [0.1, 0.15) is 54.8 Å². The van der Waals surface area contributed by atoms with E-state index in [0.29, 0.717) is 23.3 Å². The van der Waals surface area contributed by atoms with E-state index in [4.69, 9.17) is 4.74 Å². The molecule has 3 aromatic rings. The Kier molecular flexibility index (Phi) is 3.63. The van der Waals surface area contributed by atoms with E-state index in [-0.39, 0.29) is 11.4 Å². The molecule has 1 aliphatic heterocycles. The number of nitrogens with zero attached hydrogens (tertiary/aromatic N) is 5. The highest BCUT2D eigenvalue weighted by Gasteiger charge is 2.59. The molecule has 0 aromatic carbocycles. The van der Waals surface area contributed by atoms with Gasteiger partial charge in [-0.05, 0) is 50.7 Å². The summed E-state index contributed by atoms with van der Waals surface area (Å²) in [5.41, 5.74) is 2.29. The van der Waals surface area contributed by atoms with Gasteiger partial charge in [0.2, 0.25) is 5.88 Å². The molecule has 8 nitrogen and oxygen atoms in total. The third-order valence-corrected chi connectivity index (χ3v) is 6.97. The third-order valence-electron chi connectivity index (χ3n) is 6.97. The quantitative estimate of drug-likeness (QED) is 0.704. The van der Waals surface area contributed by atoms with Gasteiger partial charge in [0.25, 0.3) is 5.91 Å². The average molecular weight is 404 g/mol. The first-order valence-electron chi connectivity index (χ1n) is 10.6. The van der Waals surface area contributed by atoms with Crippen LogP contribution in [0.4, 0.5) is 5.82 Å². The second kappa shape index (κ2) is 6.17. The van der Waals surface area contributed by atoms with Crippen LogP contribution in [0.15, 0.2) is 30.6 Å². The van der Waals surface area contributed by atoms with Crippen molar-refractivity contribution in [3.63, 3.8) is 0 Å². The molecule has 3 fully saturated rings. The summed E-state index contributed by atoms with van der Waals surface area (Å²) < 4.78 is 9.72. The van der Waals surface area contributed by atoms with Crippen molar-refractivity contribution < 1.29 is 9.53 Å². The molecule has 4 aliphatic rings. The Labute approximate surface area is 174 Å². The largest absolute Gasteiger partial charge is 0.481 e. The number of hydrogen-bond acceptors (Lipinski definition) is 5. The van der Waals surface area contributed by atoms with E-state index in [9.17, 15) is 4.79 Å². The summed E-state index contributed by atoms with van der Waals surface area (Å²) in [5.74, 6) is 2.68. The number of pyridine rings is 1. The number of hydrogen-bond donors (Lipinski definition) is 1. The number of carbonyl (C=O) groups excluding carboxylic acids is 1. The smallest absolute Gasteiger partial charge is 0.263 e. The molecule has 8 heteroatoms. The van der Waals surface area contributed by atoms with Gasteiger partial charge in [0.05, 0.1) is 36.4 Å². The van der Waals surface area contributed by atoms with Gasteiger partial charge in [-0.2, -0.15) is 5.10 Å². The summed E-state index contributed by atoms with van der Waals surface area (Å²) in [7, 11) is 1.59. The maximum atomic E-state index is 13.0. The van der Waals surface area contributed by atoms with Crippen molar-refractivity contribution in [2.75, 3.05) is 12.4 Å². The molecule has 0 spiro atoms. The van der Waals surface area contributed by atoms with Crippen LogP contribution in [0, 0.1) is 5.92 Å². The Morgan fingerprint density at radius 2 is 2.10 bits per heavy atom. The molecule has 7 rings (SSSR count). The fourth-order valence-electron chi connectivity index (χ4n) is 5.28. The van der Waals surface area contributed by atoms with Gasteiger partial charge >= 0.3 is 0 Å². The summed E-state index contributed by atoms with van der Waals surface area (Å²) >= 11 is 0. The Morgan fingerprint density at radius 1 is 1.27 bits per heavy atom. The zero-order chi connectivity index (χ0) is 20.5. The SMILES string of the molecule is COc1c(C(=O)Nc2cccc(-c3cnc4n3[C@@H](C)CC4)n2)cnn1C12CC(C1)C2. The van der Waals surface area contributed by atoms with Crippen LogP contribution >= 0.6 is 0 Å². The predicted molar refractivity (Wildman–Crippen MR) is 111 cm³/mol. The van der Waals surface area contributed by atoms with Crippen molar-refractivity contribution in [3.8, 4) is 17.3 Å². The lowest BCUT2D eigenvalue weighted by molar-refractivity contribution is -0.101. The molecule has 1 N–H and O–H groups in total. The molecule has 154 valence electrons. The summed E-state index contributed by atoms with van der Waals surface area (Å²) in [5, 5.41) is 7.40. The molecule has 0 saturated heterocycles. The second-order valence-corrected chi connectivity index (χ2v) is 8.86. The Hall–Kier alpha value is -3.16. The van der Waals surface area contributed by atoms with E-state index in [2.05, 4.69) is 31.9 Å². The van der Waals surface area contributed by atoms with Gasteiger partial charge in [0.15, 0.2) is 0 Å². The number of nitrogens with one attached hydrogen (secondary N) is 1. The first-order chi connectivity index (χ1) is 14.6. The fourth-order valence-corrected chi connectivity index (χ4v) is 5.28. The maximum Gasteiger partial charge on any atom is 0.263 e. The van der Waals surface area contributed by atoms with E-state index in [1.807, 2.05) is 23.0 Å². The number of imidazole rings is 1. The van der Waals surface area contributed by atoms with Crippen molar-refractivity contribution in [1.29, 1.82) is 0 Å². The third kappa shape index (κ3) is 2.39. The maximum absolute atomic E-state index is 13.0. The Balaban J connectivity index is 1.27. The number of aryl methyl sites for hydroxylation is 1. The first kappa shape index (κ1) is 17.7. The van der Waals surface area contributed by atoms with E-state index in [1.54, 1.807) is 19.4 Å². The van der Waals surface area contributed by atoms with Crippen molar-refractivity contribution in [1.82, 2.24) is 24.3 Å². The summed E-state index contributed by atoms with van der Waals surface area (Å²) in [6.45, 7) is 2.20. The van der Waals surface area contributed by atoms with Crippen LogP contribution < -0.4 is 10.1 Å². The number of carbonyl (C=O) groups is 1. The molecule has 30 heavy (non-hydrogen) atoms. The van der Waals surface area contributed by atoms with Crippen LogP contribution in [-0.4, -0.2) is 37.3 Å². The molecule has 2 bridgehead atoms. The lowest BCUT2D eigenvalue weighted by Crippen LogP contribution is -2.59. The second-order valence-electron chi connectivity index (χ2n) is 8.86. The Morgan fingerprint density at radius 3 is 2.83 bits per heavy atom. The molecular weight excluding hydrogens is 380 g/mol. The van der Waals surface area contributed by atoms with Crippen molar-refractivity contribution in [3.05, 3.63) is 42.0 Å². The van der Waals surface area contributed by atoms with Crippen LogP contribution in [0.25, 0.3) is 11.4 Å². The van der Waals surface area contributed by atoms with Gasteiger partial charge in [0.1, 0.15) is 17.2 Å². The van der Waals surface area contributed by atoms with Crippen molar-refractivity contribution in [2.45, 2.75) is 50.6 Å². The number of ether oxygens (including phenoxy) is 1. The van der Waals surface area contributed by atoms with Crippen LogP contribution in [0.5, 0.6) is 5.88 Å². The normalized spacial score (nSPS) is 25.9. The van der Waals surface area contributed by atoms with Gasteiger partial charge in [-0.3, -0.25) is 4.79 Å². The van der Waals surface area contributed by atoms with Gasteiger partial charge in [-0.1, -0.05) is 6.07 Å². The number of fused-ring (bicyclic) bond motifs is 1. The molecule has 3 aliphatic carbocycles. The monoisotopic (exact) mass is 404 g/mol. The highest BCUT2D eigenvalue weighted by atomic mass is 16.5. The summed E-state index contributed by atoms with van der Waals surface area (Å²) in [6, 6.07) is 6.06. The van der Waals surface area contributed by atoms with Gasteiger partial charge in [-0.25, -0.2) is 14.6 Å². The average Bonchev–Trinajstić information content (AvgIpc) is 3.36. The summed E-state index contributed by atoms with van der Waals surface area (Å²) in [6.07, 6.45) is 8.94. The zero-order valence-corrected chi connectivity index (χ0v) is 17.1. The number of methoxy groups -OCH3 is 1. The minimum atomic E-state index is -0.263. The Bertz CT molecular complexity index is 1150. The molecular formula is C22H24N6O2.